The quantitative estimate of drug-likeness (QED) is 0.712. The summed E-state index contributed by atoms with van der Waals surface area (Å²) >= 11 is 0. The lowest BCUT2D eigenvalue weighted by Gasteiger charge is -2.11. The van der Waals surface area contributed by atoms with Crippen molar-refractivity contribution in [3.8, 4) is 0 Å². The predicted octanol–water partition coefficient (Wildman–Crippen LogP) is 1.61. The van der Waals surface area contributed by atoms with Crippen LogP contribution in [0.5, 0.6) is 0 Å². The van der Waals surface area contributed by atoms with E-state index in [-0.39, 0.29) is 11.9 Å². The maximum atomic E-state index is 10.8. The molecule has 0 fully saturated rings. The predicted molar refractivity (Wildman–Crippen MR) is 59.0 cm³/mol. The molecular formula is C10H22O3S. The van der Waals surface area contributed by atoms with Crippen LogP contribution in [-0.2, 0) is 9.84 Å². The molecule has 4 heteroatoms. The van der Waals surface area contributed by atoms with Crippen LogP contribution in [0.1, 0.15) is 39.5 Å². The fourth-order valence-corrected chi connectivity index (χ4v) is 1.94. The molecule has 0 aromatic carbocycles. The Labute approximate surface area is 87.4 Å². The fraction of sp³-hybridized carbons (Fsp3) is 1.00. The number of aliphatic hydroxyl groups excluding tert-OH is 1. The van der Waals surface area contributed by atoms with Crippen molar-refractivity contribution < 1.29 is 13.5 Å². The molecule has 0 rings (SSSR count). The van der Waals surface area contributed by atoms with Gasteiger partial charge in [0.05, 0.1) is 6.10 Å². The molecule has 0 heterocycles. The Kier molecular flexibility index (Phi) is 6.36. The molecule has 0 aliphatic carbocycles. The first-order chi connectivity index (χ1) is 6.31. The average molecular weight is 222 g/mol. The molecule has 86 valence electrons. The van der Waals surface area contributed by atoms with Crippen molar-refractivity contribution >= 4 is 9.84 Å². The molecule has 0 aliphatic rings. The second-order valence-corrected chi connectivity index (χ2v) is 6.66. The zero-order valence-electron chi connectivity index (χ0n) is 9.36. The molecule has 14 heavy (non-hydrogen) atoms. The molecule has 0 amide bonds. The van der Waals surface area contributed by atoms with E-state index in [2.05, 4.69) is 13.8 Å². The lowest BCUT2D eigenvalue weighted by atomic mass is 10.0. The van der Waals surface area contributed by atoms with E-state index in [9.17, 15) is 13.5 Å². The molecule has 0 bridgehead atoms. The van der Waals surface area contributed by atoms with E-state index in [1.807, 2.05) is 0 Å². The third kappa shape index (κ3) is 9.99. The van der Waals surface area contributed by atoms with Crippen molar-refractivity contribution in [1.29, 1.82) is 0 Å². The van der Waals surface area contributed by atoms with E-state index < -0.39 is 9.84 Å². The highest BCUT2D eigenvalue weighted by molar-refractivity contribution is 7.90. The van der Waals surface area contributed by atoms with E-state index in [1.54, 1.807) is 0 Å². The first kappa shape index (κ1) is 13.9. The van der Waals surface area contributed by atoms with Crippen LogP contribution in [-0.4, -0.2) is 31.6 Å². The summed E-state index contributed by atoms with van der Waals surface area (Å²) in [5, 5.41) is 9.50. The van der Waals surface area contributed by atoms with E-state index in [4.69, 9.17) is 0 Å². The molecule has 3 nitrogen and oxygen atoms in total. The van der Waals surface area contributed by atoms with Crippen molar-refractivity contribution in [2.24, 2.45) is 5.92 Å². The highest BCUT2D eigenvalue weighted by Crippen LogP contribution is 2.10. The lowest BCUT2D eigenvalue weighted by Crippen LogP contribution is -2.11. The average Bonchev–Trinajstić information content (AvgIpc) is 1.98. The van der Waals surface area contributed by atoms with Crippen molar-refractivity contribution in [2.45, 2.75) is 45.6 Å². The van der Waals surface area contributed by atoms with Gasteiger partial charge in [-0.3, -0.25) is 0 Å². The maximum Gasteiger partial charge on any atom is 0.147 e. The Morgan fingerprint density at radius 3 is 2.14 bits per heavy atom. The standard InChI is InChI=1S/C10H22O3S/c1-9(2)6-7-10(11)5-4-8-14(3,12)13/h9-11H,4-8H2,1-3H3. The van der Waals surface area contributed by atoms with Gasteiger partial charge in [0.15, 0.2) is 0 Å². The Bertz CT molecular complexity index is 232. The minimum Gasteiger partial charge on any atom is -0.393 e. The van der Waals surface area contributed by atoms with Gasteiger partial charge in [-0.2, -0.15) is 0 Å². The lowest BCUT2D eigenvalue weighted by molar-refractivity contribution is 0.146. The highest BCUT2D eigenvalue weighted by Gasteiger charge is 2.08. The molecule has 1 atom stereocenters. The maximum absolute atomic E-state index is 10.8. The van der Waals surface area contributed by atoms with Crippen molar-refractivity contribution in [1.82, 2.24) is 0 Å². The number of hydrogen-bond donors (Lipinski definition) is 1. The molecule has 1 N–H and O–H groups in total. The zero-order chi connectivity index (χ0) is 11.2. The van der Waals surface area contributed by atoms with Crippen LogP contribution in [0.2, 0.25) is 0 Å². The van der Waals surface area contributed by atoms with Gasteiger partial charge >= 0.3 is 0 Å². The van der Waals surface area contributed by atoms with Gasteiger partial charge in [0, 0.05) is 12.0 Å². The summed E-state index contributed by atoms with van der Waals surface area (Å²) in [7, 11) is -2.86. The van der Waals surface area contributed by atoms with Crippen LogP contribution in [0, 0.1) is 5.92 Å². The summed E-state index contributed by atoms with van der Waals surface area (Å²) < 4.78 is 21.6. The van der Waals surface area contributed by atoms with Gasteiger partial charge in [0.2, 0.25) is 0 Å². The van der Waals surface area contributed by atoms with Crippen LogP contribution < -0.4 is 0 Å². The van der Waals surface area contributed by atoms with Crippen molar-refractivity contribution in [2.75, 3.05) is 12.0 Å². The van der Waals surface area contributed by atoms with Gasteiger partial charge in [-0.15, -0.1) is 0 Å². The third-order valence-electron chi connectivity index (χ3n) is 2.13. The van der Waals surface area contributed by atoms with Gasteiger partial charge in [-0.25, -0.2) is 8.42 Å². The number of aliphatic hydroxyl groups is 1. The topological polar surface area (TPSA) is 54.4 Å². The largest absolute Gasteiger partial charge is 0.393 e. The summed E-state index contributed by atoms with van der Waals surface area (Å²) in [6.45, 7) is 4.23. The summed E-state index contributed by atoms with van der Waals surface area (Å²) in [5.74, 6) is 0.783. The van der Waals surface area contributed by atoms with Crippen LogP contribution in [0.15, 0.2) is 0 Å². The van der Waals surface area contributed by atoms with Gasteiger partial charge in [-0.1, -0.05) is 13.8 Å². The second kappa shape index (κ2) is 6.40. The van der Waals surface area contributed by atoms with Gasteiger partial charge in [-0.05, 0) is 31.6 Å². The molecule has 0 saturated heterocycles. The molecule has 0 saturated carbocycles. The molecule has 0 radical (unpaired) electrons. The number of hydrogen-bond acceptors (Lipinski definition) is 3. The molecule has 0 spiro atoms. The number of sulfone groups is 1. The third-order valence-corrected chi connectivity index (χ3v) is 3.16. The summed E-state index contributed by atoms with van der Waals surface area (Å²) in [6, 6.07) is 0. The van der Waals surface area contributed by atoms with E-state index in [1.165, 1.54) is 6.26 Å². The fourth-order valence-electron chi connectivity index (χ4n) is 1.25. The van der Waals surface area contributed by atoms with Gasteiger partial charge in [0.1, 0.15) is 9.84 Å². The monoisotopic (exact) mass is 222 g/mol. The minimum absolute atomic E-state index is 0.186. The van der Waals surface area contributed by atoms with E-state index in [0.717, 1.165) is 12.8 Å². The smallest absolute Gasteiger partial charge is 0.147 e. The summed E-state index contributed by atoms with van der Waals surface area (Å²) in [5.41, 5.74) is 0. The Morgan fingerprint density at radius 1 is 1.14 bits per heavy atom. The molecular weight excluding hydrogens is 200 g/mol. The normalized spacial score (nSPS) is 14.6. The van der Waals surface area contributed by atoms with Crippen LogP contribution in [0.3, 0.4) is 0 Å². The first-order valence-corrected chi connectivity index (χ1v) is 7.23. The molecule has 1 unspecified atom stereocenters. The second-order valence-electron chi connectivity index (χ2n) is 4.40. The Balaban J connectivity index is 3.50. The van der Waals surface area contributed by atoms with Crippen LogP contribution in [0.25, 0.3) is 0 Å². The first-order valence-electron chi connectivity index (χ1n) is 5.17. The molecule has 0 aromatic rings. The SMILES string of the molecule is CC(C)CCC(O)CCCS(C)(=O)=O. The highest BCUT2D eigenvalue weighted by atomic mass is 32.2. The summed E-state index contributed by atoms with van der Waals surface area (Å²) in [4.78, 5) is 0. The van der Waals surface area contributed by atoms with Gasteiger partial charge in [0.25, 0.3) is 0 Å². The molecule has 0 aromatic heterocycles. The van der Waals surface area contributed by atoms with Crippen molar-refractivity contribution in [3.63, 3.8) is 0 Å². The summed E-state index contributed by atoms with van der Waals surface area (Å²) in [6.07, 6.45) is 3.84. The van der Waals surface area contributed by atoms with Crippen LogP contribution in [0.4, 0.5) is 0 Å². The zero-order valence-corrected chi connectivity index (χ0v) is 10.2. The minimum atomic E-state index is -2.86. The van der Waals surface area contributed by atoms with Gasteiger partial charge < -0.3 is 5.11 Å². The van der Waals surface area contributed by atoms with E-state index in [0.29, 0.717) is 18.8 Å². The number of rotatable bonds is 7. The Hall–Kier alpha value is -0.0900. The van der Waals surface area contributed by atoms with Crippen LogP contribution >= 0.6 is 0 Å². The Morgan fingerprint density at radius 2 is 1.71 bits per heavy atom. The molecule has 0 aliphatic heterocycles. The van der Waals surface area contributed by atoms with Crippen molar-refractivity contribution in [3.05, 3.63) is 0 Å². The van der Waals surface area contributed by atoms with E-state index >= 15 is 0 Å².